The summed E-state index contributed by atoms with van der Waals surface area (Å²) in [5, 5.41) is 7.03. The molecule has 110 valence electrons. The van der Waals surface area contributed by atoms with Crippen molar-refractivity contribution in [1.82, 2.24) is 10.6 Å². The molecule has 0 aliphatic rings. The van der Waals surface area contributed by atoms with E-state index in [2.05, 4.69) is 10.6 Å². The topological polar surface area (TPSA) is 54.3 Å². The van der Waals surface area contributed by atoms with E-state index in [9.17, 15) is 4.79 Å². The molecule has 1 heterocycles. The van der Waals surface area contributed by atoms with Gasteiger partial charge in [0, 0.05) is 23.9 Å². The summed E-state index contributed by atoms with van der Waals surface area (Å²) in [6.45, 7) is 4.65. The molecule has 2 N–H and O–H groups in total. The van der Waals surface area contributed by atoms with Gasteiger partial charge < -0.3 is 15.1 Å². The van der Waals surface area contributed by atoms with Crippen LogP contribution in [-0.4, -0.2) is 19.5 Å². The van der Waals surface area contributed by atoms with E-state index in [-0.39, 0.29) is 24.4 Å². The molecule has 4 nitrogen and oxygen atoms in total. The highest BCUT2D eigenvalue weighted by molar-refractivity contribution is 5.85. The number of rotatable bonds is 5. The lowest BCUT2D eigenvalue weighted by Crippen LogP contribution is -2.29. The Bertz CT molecular complexity index is 580. The van der Waals surface area contributed by atoms with Gasteiger partial charge in [-0.2, -0.15) is 0 Å². The third-order valence-corrected chi connectivity index (χ3v) is 3.25. The predicted molar refractivity (Wildman–Crippen MR) is 83.3 cm³/mol. The van der Waals surface area contributed by atoms with Gasteiger partial charge in [0.25, 0.3) is 0 Å². The van der Waals surface area contributed by atoms with Crippen molar-refractivity contribution in [1.29, 1.82) is 0 Å². The number of fused-ring (bicyclic) bond motifs is 1. The average molecular weight is 297 g/mol. The zero-order valence-electron chi connectivity index (χ0n) is 12.0. The third-order valence-electron chi connectivity index (χ3n) is 3.25. The van der Waals surface area contributed by atoms with E-state index in [0.29, 0.717) is 13.0 Å². The number of amides is 1. The summed E-state index contributed by atoms with van der Waals surface area (Å²) in [4.78, 5) is 11.7. The first-order chi connectivity index (χ1) is 9.13. The SMILES string of the molecule is CNCCC(=O)NC(C)c1oc2ccccc2c1C.Cl. The van der Waals surface area contributed by atoms with Crippen molar-refractivity contribution in [2.45, 2.75) is 26.3 Å². The van der Waals surface area contributed by atoms with Crippen molar-refractivity contribution in [2.24, 2.45) is 0 Å². The summed E-state index contributed by atoms with van der Waals surface area (Å²) in [5.41, 5.74) is 1.96. The highest BCUT2D eigenvalue weighted by Crippen LogP contribution is 2.29. The Kier molecular flexibility index (Phi) is 6.05. The maximum Gasteiger partial charge on any atom is 0.221 e. The van der Waals surface area contributed by atoms with E-state index >= 15 is 0 Å². The quantitative estimate of drug-likeness (QED) is 0.892. The number of para-hydroxylation sites is 1. The number of halogens is 1. The van der Waals surface area contributed by atoms with Gasteiger partial charge in [-0.25, -0.2) is 0 Å². The van der Waals surface area contributed by atoms with Gasteiger partial charge >= 0.3 is 0 Å². The Morgan fingerprint density at radius 1 is 1.35 bits per heavy atom. The van der Waals surface area contributed by atoms with Gasteiger partial charge in [0.15, 0.2) is 0 Å². The molecule has 0 radical (unpaired) electrons. The fraction of sp³-hybridized carbons (Fsp3) is 0.400. The normalized spacial score (nSPS) is 11.9. The molecule has 0 bridgehead atoms. The van der Waals surface area contributed by atoms with Crippen LogP contribution in [0, 0.1) is 6.92 Å². The molecule has 1 amide bonds. The Morgan fingerprint density at radius 3 is 2.70 bits per heavy atom. The van der Waals surface area contributed by atoms with Gasteiger partial charge in [0.05, 0.1) is 6.04 Å². The lowest BCUT2D eigenvalue weighted by atomic mass is 10.1. The molecule has 1 unspecified atom stereocenters. The van der Waals surface area contributed by atoms with Crippen molar-refractivity contribution in [3.8, 4) is 0 Å². The van der Waals surface area contributed by atoms with Gasteiger partial charge in [-0.05, 0) is 27.0 Å². The molecule has 0 saturated heterocycles. The van der Waals surface area contributed by atoms with Crippen LogP contribution in [-0.2, 0) is 4.79 Å². The van der Waals surface area contributed by atoms with E-state index in [1.807, 2.05) is 45.2 Å². The molecule has 0 fully saturated rings. The van der Waals surface area contributed by atoms with E-state index < -0.39 is 0 Å². The molecular weight excluding hydrogens is 276 g/mol. The predicted octanol–water partition coefficient (Wildman–Crippen LogP) is 2.95. The van der Waals surface area contributed by atoms with Crippen LogP contribution in [0.2, 0.25) is 0 Å². The van der Waals surface area contributed by atoms with Crippen LogP contribution in [0.15, 0.2) is 28.7 Å². The van der Waals surface area contributed by atoms with E-state index in [4.69, 9.17) is 4.42 Å². The summed E-state index contributed by atoms with van der Waals surface area (Å²) in [5.74, 6) is 0.862. The number of nitrogens with one attached hydrogen (secondary N) is 2. The van der Waals surface area contributed by atoms with Gasteiger partial charge in [0.2, 0.25) is 5.91 Å². The minimum atomic E-state index is -0.114. The summed E-state index contributed by atoms with van der Waals surface area (Å²) < 4.78 is 5.84. The van der Waals surface area contributed by atoms with Crippen molar-refractivity contribution >= 4 is 29.3 Å². The van der Waals surface area contributed by atoms with Crippen LogP contribution in [0.25, 0.3) is 11.0 Å². The third kappa shape index (κ3) is 3.52. The first-order valence-electron chi connectivity index (χ1n) is 6.55. The Labute approximate surface area is 125 Å². The molecule has 2 rings (SSSR count). The van der Waals surface area contributed by atoms with Crippen LogP contribution in [0.1, 0.15) is 30.7 Å². The molecule has 1 aromatic heterocycles. The summed E-state index contributed by atoms with van der Waals surface area (Å²) in [7, 11) is 1.83. The monoisotopic (exact) mass is 296 g/mol. The number of carbonyl (C=O) groups is 1. The molecule has 5 heteroatoms. The molecule has 1 atom stereocenters. The fourth-order valence-corrected chi connectivity index (χ4v) is 2.22. The maximum atomic E-state index is 11.7. The van der Waals surface area contributed by atoms with Crippen molar-refractivity contribution in [3.63, 3.8) is 0 Å². The summed E-state index contributed by atoms with van der Waals surface area (Å²) >= 11 is 0. The van der Waals surface area contributed by atoms with E-state index in [1.165, 1.54) is 0 Å². The first-order valence-corrected chi connectivity index (χ1v) is 6.55. The second kappa shape index (κ2) is 7.31. The van der Waals surface area contributed by atoms with Crippen molar-refractivity contribution in [3.05, 3.63) is 35.6 Å². The number of benzene rings is 1. The molecule has 0 aliphatic carbocycles. The average Bonchev–Trinajstić information content (AvgIpc) is 2.74. The molecule has 0 spiro atoms. The van der Waals surface area contributed by atoms with Gasteiger partial charge in [0.1, 0.15) is 11.3 Å². The molecule has 0 saturated carbocycles. The number of hydrogen-bond acceptors (Lipinski definition) is 3. The van der Waals surface area contributed by atoms with E-state index in [0.717, 1.165) is 22.3 Å². The number of furan rings is 1. The Hall–Kier alpha value is -1.52. The van der Waals surface area contributed by atoms with Gasteiger partial charge in [-0.1, -0.05) is 18.2 Å². The fourth-order valence-electron chi connectivity index (χ4n) is 2.22. The van der Waals surface area contributed by atoms with Crippen LogP contribution in [0.5, 0.6) is 0 Å². The van der Waals surface area contributed by atoms with Crippen LogP contribution in [0.3, 0.4) is 0 Å². The van der Waals surface area contributed by atoms with Crippen LogP contribution in [0.4, 0.5) is 0 Å². The van der Waals surface area contributed by atoms with Crippen LogP contribution < -0.4 is 10.6 Å². The summed E-state index contributed by atoms with van der Waals surface area (Å²) in [6.07, 6.45) is 0.472. The van der Waals surface area contributed by atoms with E-state index in [1.54, 1.807) is 0 Å². The smallest absolute Gasteiger partial charge is 0.221 e. The molecule has 20 heavy (non-hydrogen) atoms. The zero-order chi connectivity index (χ0) is 13.8. The Morgan fingerprint density at radius 2 is 2.05 bits per heavy atom. The molecule has 0 aliphatic heterocycles. The summed E-state index contributed by atoms with van der Waals surface area (Å²) in [6, 6.07) is 7.81. The second-order valence-electron chi connectivity index (χ2n) is 4.73. The highest BCUT2D eigenvalue weighted by atomic mass is 35.5. The van der Waals surface area contributed by atoms with Crippen molar-refractivity contribution < 1.29 is 9.21 Å². The largest absolute Gasteiger partial charge is 0.459 e. The van der Waals surface area contributed by atoms with Crippen molar-refractivity contribution in [2.75, 3.05) is 13.6 Å². The minimum absolute atomic E-state index is 0. The lowest BCUT2D eigenvalue weighted by molar-refractivity contribution is -0.121. The van der Waals surface area contributed by atoms with Gasteiger partial charge in [-0.15, -0.1) is 12.4 Å². The van der Waals surface area contributed by atoms with Crippen LogP contribution >= 0.6 is 12.4 Å². The minimum Gasteiger partial charge on any atom is -0.459 e. The number of hydrogen-bond donors (Lipinski definition) is 2. The molecule has 1 aromatic carbocycles. The Balaban J connectivity index is 0.00000200. The molecular formula is C15H21ClN2O2. The lowest BCUT2D eigenvalue weighted by Gasteiger charge is -2.12. The molecule has 2 aromatic rings. The number of carbonyl (C=O) groups excluding carboxylic acids is 1. The second-order valence-corrected chi connectivity index (χ2v) is 4.73. The zero-order valence-corrected chi connectivity index (χ0v) is 12.8. The highest BCUT2D eigenvalue weighted by Gasteiger charge is 2.17. The van der Waals surface area contributed by atoms with Gasteiger partial charge in [-0.3, -0.25) is 4.79 Å². The first kappa shape index (κ1) is 16.5. The standard InChI is InChI=1S/C15H20N2O2.ClH/c1-10-12-6-4-5-7-13(12)19-15(10)11(2)17-14(18)8-9-16-3;/h4-7,11,16H,8-9H2,1-3H3,(H,17,18);1H. The maximum absolute atomic E-state index is 11.7. The number of aryl methyl sites for hydroxylation is 1.